The molecular weight excluding hydrogens is 364 g/mol. The van der Waals surface area contributed by atoms with Crippen molar-refractivity contribution in [3.63, 3.8) is 0 Å². The maximum Gasteiger partial charge on any atom is 0.203 e. The maximum atomic E-state index is 11.1. The van der Waals surface area contributed by atoms with Gasteiger partial charge in [0.15, 0.2) is 11.5 Å². The van der Waals surface area contributed by atoms with Crippen LogP contribution in [0.4, 0.5) is 0 Å². The van der Waals surface area contributed by atoms with Crippen molar-refractivity contribution in [3.05, 3.63) is 76.8 Å². The third-order valence-corrected chi connectivity index (χ3v) is 4.66. The number of aliphatic hydroxyl groups excluding tert-OH is 1. The zero-order chi connectivity index (χ0) is 19.4. The SMILES string of the molecule is COc1cc(C(O)c2ccc(Cl)cc2)c(-c2ccccc2)c(OC)c1OC. The van der Waals surface area contributed by atoms with Crippen molar-refractivity contribution in [2.75, 3.05) is 21.3 Å². The van der Waals surface area contributed by atoms with E-state index in [1.54, 1.807) is 51.7 Å². The van der Waals surface area contributed by atoms with Gasteiger partial charge in [0.25, 0.3) is 0 Å². The molecule has 27 heavy (non-hydrogen) atoms. The summed E-state index contributed by atoms with van der Waals surface area (Å²) >= 11 is 5.99. The molecule has 0 aliphatic carbocycles. The lowest BCUT2D eigenvalue weighted by molar-refractivity contribution is 0.219. The van der Waals surface area contributed by atoms with Gasteiger partial charge in [0.05, 0.1) is 21.3 Å². The molecule has 0 spiro atoms. The molecule has 1 N–H and O–H groups in total. The van der Waals surface area contributed by atoms with Gasteiger partial charge in [0.1, 0.15) is 6.10 Å². The van der Waals surface area contributed by atoms with Crippen LogP contribution in [0.3, 0.4) is 0 Å². The van der Waals surface area contributed by atoms with Crippen LogP contribution in [-0.2, 0) is 0 Å². The Labute approximate surface area is 163 Å². The molecule has 0 amide bonds. The van der Waals surface area contributed by atoms with Gasteiger partial charge in [0.2, 0.25) is 5.75 Å². The van der Waals surface area contributed by atoms with E-state index in [2.05, 4.69) is 0 Å². The summed E-state index contributed by atoms with van der Waals surface area (Å²) in [5, 5.41) is 11.7. The van der Waals surface area contributed by atoms with Crippen LogP contribution in [0.25, 0.3) is 11.1 Å². The molecule has 0 bridgehead atoms. The minimum absolute atomic E-state index is 0.478. The van der Waals surface area contributed by atoms with E-state index in [-0.39, 0.29) is 0 Å². The molecule has 3 rings (SSSR count). The van der Waals surface area contributed by atoms with Crippen molar-refractivity contribution in [1.29, 1.82) is 0 Å². The van der Waals surface area contributed by atoms with E-state index >= 15 is 0 Å². The molecule has 3 aromatic carbocycles. The Balaban J connectivity index is 2.29. The lowest BCUT2D eigenvalue weighted by Gasteiger charge is -2.23. The molecule has 4 nitrogen and oxygen atoms in total. The van der Waals surface area contributed by atoms with Crippen LogP contribution >= 0.6 is 11.6 Å². The lowest BCUT2D eigenvalue weighted by atomic mass is 9.91. The van der Waals surface area contributed by atoms with E-state index in [0.29, 0.717) is 33.4 Å². The van der Waals surface area contributed by atoms with Crippen LogP contribution in [0, 0.1) is 0 Å². The molecule has 0 heterocycles. The first kappa shape index (κ1) is 19.1. The second-order valence-electron chi connectivity index (χ2n) is 5.93. The van der Waals surface area contributed by atoms with Crippen LogP contribution in [0.15, 0.2) is 60.7 Å². The Morgan fingerprint density at radius 3 is 2.00 bits per heavy atom. The predicted molar refractivity (Wildman–Crippen MR) is 107 cm³/mol. The summed E-state index contributed by atoms with van der Waals surface area (Å²) in [7, 11) is 4.69. The highest BCUT2D eigenvalue weighted by atomic mass is 35.5. The van der Waals surface area contributed by atoms with Crippen molar-refractivity contribution in [3.8, 4) is 28.4 Å². The average molecular weight is 385 g/mol. The second kappa shape index (κ2) is 8.33. The summed E-state index contributed by atoms with van der Waals surface area (Å²) < 4.78 is 16.7. The Morgan fingerprint density at radius 1 is 0.815 bits per heavy atom. The van der Waals surface area contributed by atoms with E-state index in [4.69, 9.17) is 25.8 Å². The molecule has 140 valence electrons. The number of rotatable bonds is 6. The Morgan fingerprint density at radius 2 is 1.44 bits per heavy atom. The number of halogens is 1. The first-order valence-corrected chi connectivity index (χ1v) is 8.80. The van der Waals surface area contributed by atoms with E-state index in [1.165, 1.54) is 0 Å². The Bertz CT molecular complexity index is 908. The number of hydrogen-bond donors (Lipinski definition) is 1. The summed E-state index contributed by atoms with van der Waals surface area (Å²) in [5.41, 5.74) is 3.01. The molecule has 0 radical (unpaired) electrons. The van der Waals surface area contributed by atoms with Gasteiger partial charge in [0, 0.05) is 16.1 Å². The van der Waals surface area contributed by atoms with Crippen LogP contribution in [-0.4, -0.2) is 26.4 Å². The topological polar surface area (TPSA) is 47.9 Å². The summed E-state index contributed by atoms with van der Waals surface area (Å²) in [6, 6.07) is 18.6. The molecular formula is C22H21ClO4. The van der Waals surface area contributed by atoms with Gasteiger partial charge in [-0.25, -0.2) is 0 Å². The smallest absolute Gasteiger partial charge is 0.203 e. The Kier molecular flexibility index (Phi) is 5.89. The fourth-order valence-corrected chi connectivity index (χ4v) is 3.24. The quantitative estimate of drug-likeness (QED) is 0.641. The number of ether oxygens (including phenoxy) is 3. The molecule has 0 aromatic heterocycles. The molecule has 0 aliphatic rings. The van der Waals surface area contributed by atoms with Gasteiger partial charge >= 0.3 is 0 Å². The minimum Gasteiger partial charge on any atom is -0.493 e. The summed E-state index contributed by atoms with van der Waals surface area (Å²) in [5.74, 6) is 1.47. The fourth-order valence-electron chi connectivity index (χ4n) is 3.12. The maximum absolute atomic E-state index is 11.1. The summed E-state index contributed by atoms with van der Waals surface area (Å²) in [6.45, 7) is 0. The van der Waals surface area contributed by atoms with Crippen LogP contribution in [0.2, 0.25) is 5.02 Å². The lowest BCUT2D eigenvalue weighted by Crippen LogP contribution is -2.06. The van der Waals surface area contributed by atoms with Gasteiger partial charge in [-0.1, -0.05) is 54.1 Å². The Hall–Kier alpha value is -2.69. The van der Waals surface area contributed by atoms with Crippen LogP contribution in [0.5, 0.6) is 17.2 Å². The first-order valence-electron chi connectivity index (χ1n) is 8.42. The van der Waals surface area contributed by atoms with Crippen molar-refractivity contribution in [2.45, 2.75) is 6.10 Å². The van der Waals surface area contributed by atoms with Crippen molar-refractivity contribution in [1.82, 2.24) is 0 Å². The first-order chi connectivity index (χ1) is 13.1. The monoisotopic (exact) mass is 384 g/mol. The highest BCUT2D eigenvalue weighted by Gasteiger charge is 2.26. The highest BCUT2D eigenvalue weighted by molar-refractivity contribution is 6.30. The van der Waals surface area contributed by atoms with Crippen LogP contribution < -0.4 is 14.2 Å². The van der Waals surface area contributed by atoms with Gasteiger partial charge in [-0.15, -0.1) is 0 Å². The van der Waals surface area contributed by atoms with Crippen molar-refractivity contribution in [2.24, 2.45) is 0 Å². The third kappa shape index (κ3) is 3.72. The van der Waals surface area contributed by atoms with E-state index in [1.807, 2.05) is 30.3 Å². The molecule has 0 fully saturated rings. The van der Waals surface area contributed by atoms with Crippen LogP contribution in [0.1, 0.15) is 17.2 Å². The minimum atomic E-state index is -0.897. The van der Waals surface area contributed by atoms with Crippen molar-refractivity contribution >= 4 is 11.6 Å². The van der Waals surface area contributed by atoms with Crippen molar-refractivity contribution < 1.29 is 19.3 Å². The average Bonchev–Trinajstić information content (AvgIpc) is 2.72. The zero-order valence-corrected chi connectivity index (χ0v) is 16.2. The van der Waals surface area contributed by atoms with Gasteiger partial charge < -0.3 is 19.3 Å². The largest absolute Gasteiger partial charge is 0.493 e. The third-order valence-electron chi connectivity index (χ3n) is 4.40. The molecule has 0 saturated heterocycles. The molecule has 0 saturated carbocycles. The fraction of sp³-hybridized carbons (Fsp3) is 0.182. The number of benzene rings is 3. The zero-order valence-electron chi connectivity index (χ0n) is 15.4. The standard InChI is InChI=1S/C22H21ClO4/c1-25-18-13-17(20(24)15-9-11-16(23)12-10-15)19(14-7-5-4-6-8-14)22(27-3)21(18)26-2/h4-13,20,24H,1-3H3. The second-order valence-corrected chi connectivity index (χ2v) is 6.37. The number of aliphatic hydroxyl groups is 1. The van der Waals surface area contributed by atoms with E-state index < -0.39 is 6.10 Å². The molecule has 0 aliphatic heterocycles. The van der Waals surface area contributed by atoms with E-state index in [0.717, 1.165) is 11.1 Å². The summed E-state index contributed by atoms with van der Waals surface area (Å²) in [6.07, 6.45) is -0.897. The van der Waals surface area contributed by atoms with Gasteiger partial charge in [-0.2, -0.15) is 0 Å². The summed E-state index contributed by atoms with van der Waals surface area (Å²) in [4.78, 5) is 0. The van der Waals surface area contributed by atoms with E-state index in [9.17, 15) is 5.11 Å². The predicted octanol–water partition coefficient (Wildman–Crippen LogP) is 5.11. The van der Waals surface area contributed by atoms with Gasteiger partial charge in [-0.3, -0.25) is 0 Å². The molecule has 5 heteroatoms. The number of hydrogen-bond acceptors (Lipinski definition) is 4. The van der Waals surface area contributed by atoms with Gasteiger partial charge in [-0.05, 0) is 29.3 Å². The highest BCUT2D eigenvalue weighted by Crippen LogP contribution is 2.49. The number of methoxy groups -OCH3 is 3. The normalized spacial score (nSPS) is 11.7. The molecule has 1 unspecified atom stereocenters. The molecule has 1 atom stereocenters. The molecule has 3 aromatic rings.